The molecule has 3 rings (SSSR count). The minimum absolute atomic E-state index is 0. The standard InChI is InChI=1S/C21H27FN4O2.HI/c1-23-21(24-14-18(26(2)3)15-5-7-16(22)8-6-15)25-17-9-10-19-20(13-17)28-12-4-11-27-19;/h5-10,13,18H,4,11-12,14H2,1-3H3,(H2,23,24,25);1H. The van der Waals surface area contributed by atoms with E-state index >= 15 is 0 Å². The molecule has 0 fully saturated rings. The monoisotopic (exact) mass is 514 g/mol. The Bertz CT molecular complexity index is 815. The molecule has 1 unspecified atom stereocenters. The molecular formula is C21H28FIN4O2. The average Bonchev–Trinajstić information content (AvgIpc) is 2.93. The first-order chi connectivity index (χ1) is 13.6. The van der Waals surface area contributed by atoms with E-state index in [-0.39, 0.29) is 35.8 Å². The lowest BCUT2D eigenvalue weighted by Gasteiger charge is -2.26. The van der Waals surface area contributed by atoms with Gasteiger partial charge in [-0.2, -0.15) is 0 Å². The van der Waals surface area contributed by atoms with E-state index in [1.807, 2.05) is 44.4 Å². The minimum Gasteiger partial charge on any atom is -0.490 e. The maximum absolute atomic E-state index is 13.2. The van der Waals surface area contributed by atoms with Gasteiger partial charge in [0.2, 0.25) is 0 Å². The highest BCUT2D eigenvalue weighted by Crippen LogP contribution is 2.32. The summed E-state index contributed by atoms with van der Waals surface area (Å²) in [5.74, 6) is 1.90. The zero-order valence-corrected chi connectivity index (χ0v) is 19.3. The Labute approximate surface area is 188 Å². The zero-order valence-electron chi connectivity index (χ0n) is 16.9. The van der Waals surface area contributed by atoms with E-state index < -0.39 is 0 Å². The molecular weight excluding hydrogens is 486 g/mol. The third-order valence-corrected chi connectivity index (χ3v) is 4.57. The van der Waals surface area contributed by atoms with Crippen LogP contribution in [0.5, 0.6) is 11.5 Å². The Morgan fingerprint density at radius 2 is 1.79 bits per heavy atom. The van der Waals surface area contributed by atoms with Crippen LogP contribution in [0.4, 0.5) is 10.1 Å². The van der Waals surface area contributed by atoms with Crippen molar-refractivity contribution in [3.63, 3.8) is 0 Å². The Hall–Kier alpha value is -2.07. The van der Waals surface area contributed by atoms with Crippen LogP contribution in [0, 0.1) is 5.82 Å². The molecule has 8 heteroatoms. The lowest BCUT2D eigenvalue weighted by Crippen LogP contribution is -2.38. The van der Waals surface area contributed by atoms with Crippen molar-refractivity contribution in [3.05, 3.63) is 53.8 Å². The quantitative estimate of drug-likeness (QED) is 0.360. The van der Waals surface area contributed by atoms with Crippen LogP contribution in [0.15, 0.2) is 47.5 Å². The highest BCUT2D eigenvalue weighted by molar-refractivity contribution is 14.0. The summed E-state index contributed by atoms with van der Waals surface area (Å²) in [4.78, 5) is 6.38. The minimum atomic E-state index is -0.235. The van der Waals surface area contributed by atoms with Crippen molar-refractivity contribution in [2.45, 2.75) is 12.5 Å². The number of nitrogens with zero attached hydrogens (tertiary/aromatic N) is 2. The van der Waals surface area contributed by atoms with Crippen molar-refractivity contribution in [3.8, 4) is 11.5 Å². The summed E-state index contributed by atoms with van der Waals surface area (Å²) in [6, 6.07) is 12.4. The van der Waals surface area contributed by atoms with Crippen LogP contribution in [0.1, 0.15) is 18.0 Å². The van der Waals surface area contributed by atoms with E-state index in [2.05, 4.69) is 20.5 Å². The van der Waals surface area contributed by atoms with E-state index in [0.29, 0.717) is 25.7 Å². The molecule has 0 aliphatic carbocycles. The number of hydrogen-bond acceptors (Lipinski definition) is 4. The van der Waals surface area contributed by atoms with E-state index in [9.17, 15) is 4.39 Å². The number of guanidine groups is 1. The molecule has 1 aliphatic heterocycles. The molecule has 0 saturated heterocycles. The van der Waals surface area contributed by atoms with E-state index in [1.54, 1.807) is 7.05 Å². The maximum Gasteiger partial charge on any atom is 0.195 e. The van der Waals surface area contributed by atoms with Crippen molar-refractivity contribution in [2.75, 3.05) is 46.2 Å². The second-order valence-corrected chi connectivity index (χ2v) is 6.82. The van der Waals surface area contributed by atoms with Crippen LogP contribution >= 0.6 is 24.0 Å². The molecule has 2 aromatic rings. The third kappa shape index (κ3) is 6.46. The number of nitrogens with one attached hydrogen (secondary N) is 2. The Morgan fingerprint density at radius 1 is 1.10 bits per heavy atom. The lowest BCUT2D eigenvalue weighted by molar-refractivity contribution is 0.297. The number of anilines is 1. The van der Waals surface area contributed by atoms with Crippen molar-refractivity contribution in [2.24, 2.45) is 4.99 Å². The van der Waals surface area contributed by atoms with Crippen molar-refractivity contribution >= 4 is 35.6 Å². The van der Waals surface area contributed by atoms with Crippen molar-refractivity contribution in [1.82, 2.24) is 10.2 Å². The first kappa shape index (κ1) is 23.2. The summed E-state index contributed by atoms with van der Waals surface area (Å²) in [7, 11) is 5.71. The van der Waals surface area contributed by atoms with E-state index in [0.717, 1.165) is 29.2 Å². The molecule has 158 valence electrons. The zero-order chi connectivity index (χ0) is 19.9. The Balaban J connectivity index is 0.00000300. The molecule has 0 spiro atoms. The number of likely N-dealkylation sites (N-methyl/N-ethyl adjacent to an activating group) is 1. The molecule has 1 aliphatic rings. The summed E-state index contributed by atoms with van der Waals surface area (Å²) >= 11 is 0. The van der Waals surface area contributed by atoms with Gasteiger partial charge in [0.05, 0.1) is 19.3 Å². The summed E-state index contributed by atoms with van der Waals surface area (Å²) in [6.07, 6.45) is 0.871. The summed E-state index contributed by atoms with van der Waals surface area (Å²) in [6.45, 7) is 1.92. The second kappa shape index (κ2) is 11.2. The average molecular weight is 514 g/mol. The van der Waals surface area contributed by atoms with Gasteiger partial charge in [0, 0.05) is 31.8 Å². The summed E-state index contributed by atoms with van der Waals surface area (Å²) < 4.78 is 24.6. The smallest absolute Gasteiger partial charge is 0.195 e. The summed E-state index contributed by atoms with van der Waals surface area (Å²) in [5, 5.41) is 6.62. The number of ether oxygens (including phenoxy) is 2. The van der Waals surface area contributed by atoms with Crippen LogP contribution < -0.4 is 20.1 Å². The first-order valence-corrected chi connectivity index (χ1v) is 9.36. The van der Waals surface area contributed by atoms with Crippen molar-refractivity contribution < 1.29 is 13.9 Å². The predicted molar refractivity (Wildman–Crippen MR) is 125 cm³/mol. The number of rotatable bonds is 5. The SMILES string of the molecule is CN=C(NCC(c1ccc(F)cc1)N(C)C)Nc1ccc2c(c1)OCCCO2.I. The van der Waals surface area contributed by atoms with Crippen molar-refractivity contribution in [1.29, 1.82) is 0 Å². The molecule has 0 aromatic heterocycles. The first-order valence-electron chi connectivity index (χ1n) is 9.36. The number of aliphatic imine (C=N–C) groups is 1. The molecule has 6 nitrogen and oxygen atoms in total. The largest absolute Gasteiger partial charge is 0.490 e. The predicted octanol–water partition coefficient (Wildman–Crippen LogP) is 3.90. The Kier molecular flexibility index (Phi) is 8.97. The molecule has 0 amide bonds. The number of benzene rings is 2. The number of fused-ring (bicyclic) bond motifs is 1. The highest BCUT2D eigenvalue weighted by atomic mass is 127. The van der Waals surface area contributed by atoms with Gasteiger partial charge in [-0.1, -0.05) is 12.1 Å². The van der Waals surface area contributed by atoms with E-state index in [1.165, 1.54) is 12.1 Å². The van der Waals surface area contributed by atoms with Gasteiger partial charge in [-0.15, -0.1) is 24.0 Å². The fraction of sp³-hybridized carbons (Fsp3) is 0.381. The van der Waals surface area contributed by atoms with Gasteiger partial charge in [0.1, 0.15) is 5.82 Å². The highest BCUT2D eigenvalue weighted by Gasteiger charge is 2.16. The van der Waals surface area contributed by atoms with Gasteiger partial charge in [-0.25, -0.2) is 4.39 Å². The molecule has 1 atom stereocenters. The van der Waals surface area contributed by atoms with Crippen LogP contribution in [-0.2, 0) is 0 Å². The lowest BCUT2D eigenvalue weighted by atomic mass is 10.1. The normalized spacial score (nSPS) is 14.6. The number of hydrogen-bond donors (Lipinski definition) is 2. The molecule has 1 heterocycles. The topological polar surface area (TPSA) is 58.1 Å². The molecule has 2 aromatic carbocycles. The van der Waals surface area contributed by atoms with Gasteiger partial charge in [0.15, 0.2) is 17.5 Å². The van der Waals surface area contributed by atoms with Crippen LogP contribution in [0.3, 0.4) is 0 Å². The fourth-order valence-corrected chi connectivity index (χ4v) is 3.03. The molecule has 29 heavy (non-hydrogen) atoms. The van der Waals surface area contributed by atoms with E-state index in [4.69, 9.17) is 9.47 Å². The molecule has 0 radical (unpaired) electrons. The second-order valence-electron chi connectivity index (χ2n) is 6.82. The van der Waals surface area contributed by atoms with Crippen LogP contribution in [0.25, 0.3) is 0 Å². The van der Waals surface area contributed by atoms with Gasteiger partial charge >= 0.3 is 0 Å². The maximum atomic E-state index is 13.2. The van der Waals surface area contributed by atoms with Crippen LogP contribution in [-0.4, -0.2) is 51.8 Å². The van der Waals surface area contributed by atoms with Gasteiger partial charge in [-0.05, 0) is 43.9 Å². The molecule has 0 bridgehead atoms. The number of halogens is 2. The summed E-state index contributed by atoms with van der Waals surface area (Å²) in [5.41, 5.74) is 1.89. The van der Waals surface area contributed by atoms with Gasteiger partial charge in [-0.3, -0.25) is 4.99 Å². The molecule has 0 saturated carbocycles. The van der Waals surface area contributed by atoms with Gasteiger partial charge in [0.25, 0.3) is 0 Å². The molecule has 2 N–H and O–H groups in total. The van der Waals surface area contributed by atoms with Gasteiger partial charge < -0.3 is 25.0 Å². The Morgan fingerprint density at radius 3 is 2.45 bits per heavy atom. The fourth-order valence-electron chi connectivity index (χ4n) is 3.03. The van der Waals surface area contributed by atoms with Crippen LogP contribution in [0.2, 0.25) is 0 Å². The third-order valence-electron chi connectivity index (χ3n) is 4.57.